The van der Waals surface area contributed by atoms with E-state index >= 15 is 0 Å². The van der Waals surface area contributed by atoms with Gasteiger partial charge in [0.2, 0.25) is 0 Å². The summed E-state index contributed by atoms with van der Waals surface area (Å²) >= 11 is 0. The minimum atomic E-state index is 0.254. The van der Waals surface area contributed by atoms with Crippen molar-refractivity contribution < 1.29 is 4.74 Å². The number of aromatic nitrogens is 2. The smallest absolute Gasteiger partial charge is 0.132 e. The van der Waals surface area contributed by atoms with Crippen LogP contribution in [0.4, 0.5) is 5.82 Å². The van der Waals surface area contributed by atoms with Gasteiger partial charge in [0.15, 0.2) is 0 Å². The highest BCUT2D eigenvalue weighted by Crippen LogP contribution is 2.21. The second-order valence-electron chi connectivity index (χ2n) is 4.63. The molecule has 0 aromatic carbocycles. The monoisotopic (exact) mass is 235 g/mol. The first-order chi connectivity index (χ1) is 8.11. The number of morpholine rings is 1. The van der Waals surface area contributed by atoms with Crippen molar-refractivity contribution in [1.29, 1.82) is 0 Å². The summed E-state index contributed by atoms with van der Waals surface area (Å²) in [7, 11) is 0. The summed E-state index contributed by atoms with van der Waals surface area (Å²) < 4.78 is 5.64. The molecule has 17 heavy (non-hydrogen) atoms. The molecule has 0 N–H and O–H groups in total. The minimum absolute atomic E-state index is 0.254. The highest BCUT2D eigenvalue weighted by molar-refractivity contribution is 5.42. The number of nitrogens with zero attached hydrogens (tertiary/aromatic N) is 3. The number of hydrogen-bond donors (Lipinski definition) is 0. The van der Waals surface area contributed by atoms with Crippen LogP contribution in [-0.4, -0.2) is 35.3 Å². The lowest BCUT2D eigenvalue weighted by Crippen LogP contribution is -2.49. The van der Waals surface area contributed by atoms with Crippen LogP contribution >= 0.6 is 0 Å². The largest absolute Gasteiger partial charge is 0.375 e. The van der Waals surface area contributed by atoms with Crippen molar-refractivity contribution in [2.75, 3.05) is 18.1 Å². The Morgan fingerprint density at radius 2 is 2.18 bits per heavy atom. The normalized spacial score (nSPS) is 25.1. The Hall–Kier alpha value is -1.16. The van der Waals surface area contributed by atoms with Gasteiger partial charge in [0.05, 0.1) is 18.8 Å². The summed E-state index contributed by atoms with van der Waals surface area (Å²) in [6.45, 7) is 10.1. The highest BCUT2D eigenvalue weighted by atomic mass is 16.5. The van der Waals surface area contributed by atoms with Crippen LogP contribution in [0.2, 0.25) is 0 Å². The zero-order valence-electron chi connectivity index (χ0n) is 11.1. The number of anilines is 1. The molecule has 1 aliphatic rings. The van der Waals surface area contributed by atoms with Gasteiger partial charge in [0, 0.05) is 18.3 Å². The van der Waals surface area contributed by atoms with Gasteiger partial charge >= 0.3 is 0 Å². The Bertz CT molecular complexity index is 394. The van der Waals surface area contributed by atoms with Gasteiger partial charge in [-0.15, -0.1) is 0 Å². The molecule has 1 saturated heterocycles. The lowest BCUT2D eigenvalue weighted by Gasteiger charge is -2.38. The average molecular weight is 235 g/mol. The van der Waals surface area contributed by atoms with Crippen molar-refractivity contribution in [2.24, 2.45) is 0 Å². The Kier molecular flexibility index (Phi) is 3.62. The molecule has 2 unspecified atom stereocenters. The number of ether oxygens (including phenoxy) is 1. The zero-order chi connectivity index (χ0) is 12.4. The van der Waals surface area contributed by atoms with Gasteiger partial charge < -0.3 is 9.64 Å². The standard InChI is InChI=1S/C13H21N3O/c1-5-12-8-13(15-11(4)14-12)16-6-7-17-10(3)9(16)2/h8-10H,5-7H2,1-4H3. The van der Waals surface area contributed by atoms with Crippen molar-refractivity contribution in [1.82, 2.24) is 9.97 Å². The molecule has 0 amide bonds. The maximum absolute atomic E-state index is 5.64. The number of rotatable bonds is 2. The third-order valence-electron chi connectivity index (χ3n) is 3.42. The highest BCUT2D eigenvalue weighted by Gasteiger charge is 2.26. The summed E-state index contributed by atoms with van der Waals surface area (Å²) in [5, 5.41) is 0. The molecule has 4 heteroatoms. The van der Waals surface area contributed by atoms with Crippen molar-refractivity contribution in [3.63, 3.8) is 0 Å². The fourth-order valence-corrected chi connectivity index (χ4v) is 2.20. The summed E-state index contributed by atoms with van der Waals surface area (Å²) in [4.78, 5) is 11.3. The first-order valence-electron chi connectivity index (χ1n) is 6.34. The van der Waals surface area contributed by atoms with Crippen molar-refractivity contribution in [3.05, 3.63) is 17.6 Å². The van der Waals surface area contributed by atoms with E-state index in [4.69, 9.17) is 4.74 Å². The van der Waals surface area contributed by atoms with E-state index in [1.807, 2.05) is 6.92 Å². The summed E-state index contributed by atoms with van der Waals surface area (Å²) in [6, 6.07) is 2.46. The van der Waals surface area contributed by atoms with E-state index in [-0.39, 0.29) is 6.10 Å². The molecule has 1 aromatic rings. The lowest BCUT2D eigenvalue weighted by atomic mass is 10.1. The van der Waals surface area contributed by atoms with Crippen LogP contribution < -0.4 is 4.90 Å². The predicted octanol–water partition coefficient (Wildman–Crippen LogP) is 1.96. The van der Waals surface area contributed by atoms with E-state index < -0.39 is 0 Å². The maximum atomic E-state index is 5.64. The molecule has 1 aromatic heterocycles. The fraction of sp³-hybridized carbons (Fsp3) is 0.692. The molecule has 1 aliphatic heterocycles. The average Bonchev–Trinajstić information content (AvgIpc) is 2.31. The number of hydrogen-bond acceptors (Lipinski definition) is 4. The third-order valence-corrected chi connectivity index (χ3v) is 3.42. The van der Waals surface area contributed by atoms with Crippen LogP contribution in [-0.2, 0) is 11.2 Å². The van der Waals surface area contributed by atoms with Crippen molar-refractivity contribution >= 4 is 5.82 Å². The fourth-order valence-electron chi connectivity index (χ4n) is 2.20. The van der Waals surface area contributed by atoms with Gasteiger partial charge in [-0.05, 0) is 27.2 Å². The topological polar surface area (TPSA) is 38.2 Å². The molecule has 1 fully saturated rings. The van der Waals surface area contributed by atoms with Gasteiger partial charge in [-0.1, -0.05) is 6.92 Å². The SMILES string of the molecule is CCc1cc(N2CCOC(C)C2C)nc(C)n1. The van der Waals surface area contributed by atoms with Crippen LogP contribution in [0.5, 0.6) is 0 Å². The molecule has 2 rings (SSSR count). The second-order valence-corrected chi connectivity index (χ2v) is 4.63. The van der Waals surface area contributed by atoms with Gasteiger partial charge in [-0.3, -0.25) is 0 Å². The van der Waals surface area contributed by atoms with E-state index in [1.54, 1.807) is 0 Å². The molecular weight excluding hydrogens is 214 g/mol. The zero-order valence-corrected chi connectivity index (χ0v) is 11.1. The molecule has 0 spiro atoms. The molecular formula is C13H21N3O. The van der Waals surface area contributed by atoms with Gasteiger partial charge in [-0.2, -0.15) is 0 Å². The Labute approximate surface area is 103 Å². The van der Waals surface area contributed by atoms with Crippen molar-refractivity contribution in [2.45, 2.75) is 46.3 Å². The van der Waals surface area contributed by atoms with E-state index in [0.717, 1.165) is 36.9 Å². The summed E-state index contributed by atoms with van der Waals surface area (Å²) in [6.07, 6.45) is 1.20. The molecule has 0 bridgehead atoms. The van der Waals surface area contributed by atoms with Gasteiger partial charge in [0.1, 0.15) is 11.6 Å². The maximum Gasteiger partial charge on any atom is 0.132 e. The van der Waals surface area contributed by atoms with Crippen LogP contribution in [0.1, 0.15) is 32.3 Å². The van der Waals surface area contributed by atoms with E-state index in [2.05, 4.69) is 41.7 Å². The second kappa shape index (κ2) is 5.00. The van der Waals surface area contributed by atoms with Gasteiger partial charge in [-0.25, -0.2) is 9.97 Å². The van der Waals surface area contributed by atoms with E-state index in [1.165, 1.54) is 0 Å². The molecule has 2 atom stereocenters. The van der Waals surface area contributed by atoms with Crippen LogP contribution in [0.15, 0.2) is 6.07 Å². The van der Waals surface area contributed by atoms with E-state index in [0.29, 0.717) is 6.04 Å². The quantitative estimate of drug-likeness (QED) is 0.785. The summed E-state index contributed by atoms with van der Waals surface area (Å²) in [5.74, 6) is 1.89. The molecule has 4 nitrogen and oxygen atoms in total. The first kappa shape index (κ1) is 12.3. The first-order valence-corrected chi connectivity index (χ1v) is 6.34. The minimum Gasteiger partial charge on any atom is -0.375 e. The van der Waals surface area contributed by atoms with E-state index in [9.17, 15) is 0 Å². The van der Waals surface area contributed by atoms with Crippen LogP contribution in [0, 0.1) is 6.92 Å². The van der Waals surface area contributed by atoms with Crippen molar-refractivity contribution in [3.8, 4) is 0 Å². The number of aryl methyl sites for hydroxylation is 2. The Balaban J connectivity index is 2.29. The molecule has 0 saturated carbocycles. The Morgan fingerprint density at radius 1 is 1.41 bits per heavy atom. The third kappa shape index (κ3) is 2.57. The van der Waals surface area contributed by atoms with Crippen LogP contribution in [0.3, 0.4) is 0 Å². The van der Waals surface area contributed by atoms with Crippen LogP contribution in [0.25, 0.3) is 0 Å². The molecule has 94 valence electrons. The molecule has 0 aliphatic carbocycles. The predicted molar refractivity (Wildman–Crippen MR) is 68.4 cm³/mol. The van der Waals surface area contributed by atoms with Gasteiger partial charge in [0.25, 0.3) is 0 Å². The molecule has 0 radical (unpaired) electrons. The summed E-state index contributed by atoms with van der Waals surface area (Å²) in [5.41, 5.74) is 1.11. The molecule has 2 heterocycles. The lowest BCUT2D eigenvalue weighted by molar-refractivity contribution is 0.0281. The Morgan fingerprint density at radius 3 is 2.88 bits per heavy atom.